The van der Waals surface area contributed by atoms with Crippen LogP contribution in [0.3, 0.4) is 0 Å². The normalized spacial score (nSPS) is 10.7. The number of carbonyl (C=O) groups excluding carboxylic acids is 1. The van der Waals surface area contributed by atoms with Crippen LogP contribution in [-0.2, 0) is 4.79 Å². The molecule has 0 radical (unpaired) electrons. The fourth-order valence-corrected chi connectivity index (χ4v) is 2.60. The van der Waals surface area contributed by atoms with E-state index in [1.165, 1.54) is 6.92 Å². The van der Waals surface area contributed by atoms with Crippen molar-refractivity contribution in [2.75, 3.05) is 26.2 Å². The Morgan fingerprint density at radius 3 is 2.29 bits per heavy atom. The molecule has 0 spiro atoms. The molecule has 0 saturated carbocycles. The van der Waals surface area contributed by atoms with Gasteiger partial charge in [-0.25, -0.2) is 0 Å². The number of hydrogen-bond acceptors (Lipinski definition) is 4. The van der Waals surface area contributed by atoms with E-state index in [0.717, 1.165) is 21.4 Å². The van der Waals surface area contributed by atoms with Gasteiger partial charge in [0.15, 0.2) is 0 Å². The van der Waals surface area contributed by atoms with Crippen LogP contribution in [0.15, 0.2) is 45.9 Å². The van der Waals surface area contributed by atoms with E-state index >= 15 is 0 Å². The summed E-state index contributed by atoms with van der Waals surface area (Å²) >= 11 is 3.46. The Labute approximate surface area is 150 Å². The maximum Gasteiger partial charge on any atom is 0.223 e. The van der Waals surface area contributed by atoms with Gasteiger partial charge in [-0.1, -0.05) is 0 Å². The molecular formula is C18H19BrN2O3. The van der Waals surface area contributed by atoms with E-state index in [2.05, 4.69) is 20.9 Å². The second-order valence-corrected chi connectivity index (χ2v) is 5.94. The molecule has 0 aliphatic heterocycles. The predicted octanol–water partition coefficient (Wildman–Crippen LogP) is 4.20. The van der Waals surface area contributed by atoms with Gasteiger partial charge in [-0.2, -0.15) is 0 Å². The summed E-state index contributed by atoms with van der Waals surface area (Å²) in [6.45, 7) is 1.53. The van der Waals surface area contributed by atoms with Gasteiger partial charge in [-0.15, -0.1) is 0 Å². The number of carbonyl (C=O) groups is 1. The first-order valence-electron chi connectivity index (χ1n) is 7.26. The zero-order valence-electron chi connectivity index (χ0n) is 14.0. The molecule has 24 heavy (non-hydrogen) atoms. The molecule has 0 N–H and O–H groups in total. The maximum atomic E-state index is 11.4. The van der Waals surface area contributed by atoms with Crippen LogP contribution in [0.5, 0.6) is 11.5 Å². The molecule has 0 unspecified atom stereocenters. The number of hydrogen-bond donors (Lipinski definition) is 0. The van der Waals surface area contributed by atoms with Crippen LogP contribution in [0.25, 0.3) is 0 Å². The Balaban J connectivity index is 2.25. The monoisotopic (exact) mass is 390 g/mol. The number of nitrogens with zero attached hydrogens (tertiary/aromatic N) is 2. The summed E-state index contributed by atoms with van der Waals surface area (Å²) in [4.78, 5) is 17.4. The Hall–Kier alpha value is -2.34. The van der Waals surface area contributed by atoms with Crippen molar-refractivity contribution in [2.45, 2.75) is 6.92 Å². The average molecular weight is 391 g/mol. The van der Waals surface area contributed by atoms with Crippen molar-refractivity contribution in [3.05, 3.63) is 46.4 Å². The number of anilines is 1. The SMILES string of the molecule is COc1cc(OC)c(C=Nc2ccc(N(C)C(C)=O)cc2)cc1Br. The average Bonchev–Trinajstić information content (AvgIpc) is 2.59. The highest BCUT2D eigenvalue weighted by atomic mass is 79.9. The van der Waals surface area contributed by atoms with Gasteiger partial charge < -0.3 is 14.4 Å². The van der Waals surface area contributed by atoms with E-state index in [0.29, 0.717) is 11.5 Å². The third-order valence-corrected chi connectivity index (χ3v) is 4.19. The summed E-state index contributed by atoms with van der Waals surface area (Å²) in [6, 6.07) is 11.1. The van der Waals surface area contributed by atoms with E-state index in [1.807, 2.05) is 30.3 Å². The predicted molar refractivity (Wildman–Crippen MR) is 100 cm³/mol. The molecule has 5 nitrogen and oxygen atoms in total. The molecule has 1 amide bonds. The van der Waals surface area contributed by atoms with E-state index in [9.17, 15) is 4.79 Å². The molecule has 0 aromatic heterocycles. The van der Waals surface area contributed by atoms with Crippen LogP contribution in [-0.4, -0.2) is 33.4 Å². The molecule has 126 valence electrons. The molecule has 0 fully saturated rings. The quantitative estimate of drug-likeness (QED) is 0.718. The smallest absolute Gasteiger partial charge is 0.223 e. The molecule has 0 bridgehead atoms. The number of rotatable bonds is 5. The molecule has 2 rings (SSSR count). The minimum absolute atomic E-state index is 0.0147. The van der Waals surface area contributed by atoms with E-state index in [-0.39, 0.29) is 5.91 Å². The Morgan fingerprint density at radius 1 is 1.12 bits per heavy atom. The molecule has 2 aromatic carbocycles. The lowest BCUT2D eigenvalue weighted by Crippen LogP contribution is -2.22. The summed E-state index contributed by atoms with van der Waals surface area (Å²) in [6.07, 6.45) is 1.73. The highest BCUT2D eigenvalue weighted by Crippen LogP contribution is 2.32. The molecule has 0 heterocycles. The second-order valence-electron chi connectivity index (χ2n) is 5.08. The van der Waals surface area contributed by atoms with Crippen molar-refractivity contribution in [1.29, 1.82) is 0 Å². The fourth-order valence-electron chi connectivity index (χ4n) is 2.07. The first-order chi connectivity index (χ1) is 11.5. The van der Waals surface area contributed by atoms with E-state index in [1.54, 1.807) is 38.4 Å². The standard InChI is InChI=1S/C18H19BrN2O3/c1-12(22)21(2)15-7-5-14(6-8-15)20-11-13-9-16(19)18(24-4)10-17(13)23-3/h5-11H,1-4H3. The Morgan fingerprint density at radius 2 is 1.75 bits per heavy atom. The zero-order valence-corrected chi connectivity index (χ0v) is 15.6. The molecule has 0 aliphatic carbocycles. The first-order valence-corrected chi connectivity index (χ1v) is 8.05. The lowest BCUT2D eigenvalue weighted by Gasteiger charge is -2.14. The summed E-state index contributed by atoms with van der Waals surface area (Å²) in [5, 5.41) is 0. The number of aliphatic imine (C=N–C) groups is 1. The fraction of sp³-hybridized carbons (Fsp3) is 0.222. The van der Waals surface area contributed by atoms with Crippen molar-refractivity contribution in [3.63, 3.8) is 0 Å². The van der Waals surface area contributed by atoms with Gasteiger partial charge >= 0.3 is 0 Å². The lowest BCUT2D eigenvalue weighted by atomic mass is 10.2. The zero-order chi connectivity index (χ0) is 17.7. The van der Waals surface area contributed by atoms with Crippen LogP contribution in [0, 0.1) is 0 Å². The van der Waals surface area contributed by atoms with Gasteiger partial charge in [0.1, 0.15) is 11.5 Å². The number of benzene rings is 2. The van der Waals surface area contributed by atoms with Crippen molar-refractivity contribution in [1.82, 2.24) is 0 Å². The van der Waals surface area contributed by atoms with Crippen molar-refractivity contribution in [2.24, 2.45) is 4.99 Å². The molecule has 6 heteroatoms. The third-order valence-electron chi connectivity index (χ3n) is 3.57. The largest absolute Gasteiger partial charge is 0.496 e. The minimum atomic E-state index is -0.0147. The van der Waals surface area contributed by atoms with Crippen LogP contribution in [0.4, 0.5) is 11.4 Å². The lowest BCUT2D eigenvalue weighted by molar-refractivity contribution is -0.116. The summed E-state index contributed by atoms with van der Waals surface area (Å²) < 4.78 is 11.5. The van der Waals surface area contributed by atoms with Gasteiger partial charge in [0, 0.05) is 37.5 Å². The number of ether oxygens (including phenoxy) is 2. The van der Waals surface area contributed by atoms with Gasteiger partial charge in [0.25, 0.3) is 0 Å². The molecule has 0 saturated heterocycles. The van der Waals surface area contributed by atoms with Crippen LogP contribution >= 0.6 is 15.9 Å². The van der Waals surface area contributed by atoms with E-state index in [4.69, 9.17) is 9.47 Å². The van der Waals surface area contributed by atoms with E-state index < -0.39 is 0 Å². The van der Waals surface area contributed by atoms with Gasteiger partial charge in [-0.05, 0) is 46.3 Å². The molecule has 0 atom stereocenters. The molecule has 0 aliphatic rings. The van der Waals surface area contributed by atoms with Gasteiger partial charge in [0.2, 0.25) is 5.91 Å². The topological polar surface area (TPSA) is 51.1 Å². The Bertz CT molecular complexity index is 758. The number of halogens is 1. The maximum absolute atomic E-state index is 11.4. The first kappa shape index (κ1) is 18.0. The van der Waals surface area contributed by atoms with Crippen LogP contribution < -0.4 is 14.4 Å². The van der Waals surface area contributed by atoms with Gasteiger partial charge in [0.05, 0.1) is 24.4 Å². The number of methoxy groups -OCH3 is 2. The highest BCUT2D eigenvalue weighted by molar-refractivity contribution is 9.10. The highest BCUT2D eigenvalue weighted by Gasteiger charge is 2.08. The Kier molecular flexibility index (Phi) is 5.98. The van der Waals surface area contributed by atoms with Crippen molar-refractivity contribution < 1.29 is 14.3 Å². The van der Waals surface area contributed by atoms with Crippen LogP contribution in [0.1, 0.15) is 12.5 Å². The summed E-state index contributed by atoms with van der Waals surface area (Å²) in [7, 11) is 4.94. The van der Waals surface area contributed by atoms with Crippen LogP contribution in [0.2, 0.25) is 0 Å². The molecular weight excluding hydrogens is 372 g/mol. The second kappa shape index (κ2) is 7.97. The minimum Gasteiger partial charge on any atom is -0.496 e. The third kappa shape index (κ3) is 4.14. The van der Waals surface area contributed by atoms with Crippen molar-refractivity contribution in [3.8, 4) is 11.5 Å². The summed E-state index contributed by atoms with van der Waals surface area (Å²) in [5.74, 6) is 1.35. The summed E-state index contributed by atoms with van der Waals surface area (Å²) in [5.41, 5.74) is 2.44. The molecule has 2 aromatic rings. The van der Waals surface area contributed by atoms with Gasteiger partial charge in [-0.3, -0.25) is 9.79 Å². The van der Waals surface area contributed by atoms with Crippen molar-refractivity contribution >= 4 is 39.4 Å². The number of amides is 1.